The Labute approximate surface area is 172 Å². The topological polar surface area (TPSA) is 29.0 Å². The number of halogens is 3. The van der Waals surface area contributed by atoms with Gasteiger partial charge >= 0.3 is 6.18 Å². The number of hydrogen-bond donors (Lipinski definition) is 0. The largest absolute Gasteiger partial charge is 0.395 e. The summed E-state index contributed by atoms with van der Waals surface area (Å²) in [5.74, 6) is 0.917. The lowest BCUT2D eigenvalue weighted by Crippen LogP contribution is -2.27. The van der Waals surface area contributed by atoms with Crippen molar-refractivity contribution in [3.8, 4) is 0 Å². The zero-order chi connectivity index (χ0) is 21.2. The first-order valence-corrected chi connectivity index (χ1v) is 10.8. The van der Waals surface area contributed by atoms with Gasteiger partial charge in [0.2, 0.25) is 5.95 Å². The Morgan fingerprint density at radius 3 is 1.97 bits per heavy atom. The highest BCUT2D eigenvalue weighted by molar-refractivity contribution is 5.35. The van der Waals surface area contributed by atoms with E-state index >= 15 is 0 Å². The minimum Gasteiger partial charge on any atom is -0.340 e. The first-order valence-electron chi connectivity index (χ1n) is 10.8. The van der Waals surface area contributed by atoms with Gasteiger partial charge in [0.1, 0.15) is 0 Å². The van der Waals surface area contributed by atoms with E-state index in [0.717, 1.165) is 43.3 Å². The average molecular weight is 408 g/mol. The van der Waals surface area contributed by atoms with Gasteiger partial charge in [-0.3, -0.25) is 0 Å². The normalized spacial score (nSPS) is 31.3. The van der Waals surface area contributed by atoms with Gasteiger partial charge in [0.15, 0.2) is 0 Å². The van der Waals surface area contributed by atoms with Crippen LogP contribution < -0.4 is 4.90 Å². The molecular formula is C23H32F3N3. The maximum atomic E-state index is 13.2. The van der Waals surface area contributed by atoms with Gasteiger partial charge in [0.25, 0.3) is 0 Å². The summed E-state index contributed by atoms with van der Waals surface area (Å²) in [4.78, 5) is 11.4. The molecule has 0 amide bonds. The van der Waals surface area contributed by atoms with Crippen LogP contribution in [0.25, 0.3) is 0 Å². The van der Waals surface area contributed by atoms with Crippen molar-refractivity contribution in [2.75, 3.05) is 18.0 Å². The fraction of sp³-hybridized carbons (Fsp3) is 0.652. The molecule has 3 aliphatic rings. The monoisotopic (exact) mass is 407 g/mol. The van der Waals surface area contributed by atoms with E-state index in [-0.39, 0.29) is 12.3 Å². The van der Waals surface area contributed by atoms with Crippen LogP contribution in [0.3, 0.4) is 0 Å². The lowest BCUT2D eigenvalue weighted by Gasteiger charge is -2.26. The maximum absolute atomic E-state index is 13.2. The lowest BCUT2D eigenvalue weighted by molar-refractivity contribution is -0.165. The Bertz CT molecular complexity index is 722. The molecule has 1 aromatic rings. The summed E-state index contributed by atoms with van der Waals surface area (Å²) in [6.07, 6.45) is 4.73. The van der Waals surface area contributed by atoms with E-state index in [1.165, 1.54) is 6.08 Å². The maximum Gasteiger partial charge on any atom is 0.395 e. The second kappa shape index (κ2) is 8.88. The molecule has 4 rings (SSSR count). The zero-order valence-electron chi connectivity index (χ0n) is 17.8. The smallest absolute Gasteiger partial charge is 0.340 e. The van der Waals surface area contributed by atoms with Crippen molar-refractivity contribution in [3.05, 3.63) is 41.8 Å². The molecule has 29 heavy (non-hydrogen) atoms. The molecule has 0 spiro atoms. The van der Waals surface area contributed by atoms with Crippen LogP contribution in [-0.4, -0.2) is 29.2 Å². The summed E-state index contributed by atoms with van der Waals surface area (Å²) < 4.78 is 39.7. The molecular weight excluding hydrogens is 375 g/mol. The molecule has 3 unspecified atom stereocenters. The Kier molecular flexibility index (Phi) is 6.69. The van der Waals surface area contributed by atoms with Crippen molar-refractivity contribution in [2.24, 2.45) is 29.6 Å². The van der Waals surface area contributed by atoms with Gasteiger partial charge in [-0.15, -0.1) is 0 Å². The fourth-order valence-corrected chi connectivity index (χ4v) is 5.16. The van der Waals surface area contributed by atoms with Crippen LogP contribution in [0.1, 0.15) is 44.5 Å². The number of allylic oxidation sites excluding steroid dienone is 4. The number of alkyl halides is 3. The number of aromatic nitrogens is 2. The Morgan fingerprint density at radius 2 is 1.41 bits per heavy atom. The molecule has 0 aromatic carbocycles. The van der Waals surface area contributed by atoms with Crippen LogP contribution in [0, 0.1) is 43.4 Å². The molecule has 2 heterocycles. The van der Waals surface area contributed by atoms with Gasteiger partial charge in [-0.1, -0.05) is 38.2 Å². The third-order valence-corrected chi connectivity index (χ3v) is 6.41. The first-order chi connectivity index (χ1) is 13.8. The number of aryl methyl sites for hydroxylation is 2. The molecule has 2 aliphatic carbocycles. The van der Waals surface area contributed by atoms with Crippen LogP contribution in [0.2, 0.25) is 0 Å². The lowest BCUT2D eigenvalue weighted by atomic mass is 9.83. The van der Waals surface area contributed by atoms with Crippen LogP contribution >= 0.6 is 0 Å². The number of fused-ring (bicyclic) bond motifs is 1. The molecule has 6 heteroatoms. The Balaban J connectivity index is 0.00000117. The van der Waals surface area contributed by atoms with Gasteiger partial charge in [-0.05, 0) is 62.8 Å². The van der Waals surface area contributed by atoms with Crippen LogP contribution in [0.15, 0.2) is 30.4 Å². The van der Waals surface area contributed by atoms with Gasteiger partial charge in [-0.2, -0.15) is 13.2 Å². The molecule has 1 saturated carbocycles. The number of hydrogen-bond acceptors (Lipinski definition) is 3. The molecule has 0 bridgehead atoms. The van der Waals surface area contributed by atoms with Gasteiger partial charge < -0.3 is 4.90 Å². The molecule has 160 valence electrons. The predicted molar refractivity (Wildman–Crippen MR) is 111 cm³/mol. The highest BCUT2D eigenvalue weighted by Crippen LogP contribution is 2.48. The molecule has 0 N–H and O–H groups in total. The summed E-state index contributed by atoms with van der Waals surface area (Å²) in [7, 11) is 0. The van der Waals surface area contributed by atoms with E-state index in [1.54, 1.807) is 12.2 Å². The summed E-state index contributed by atoms with van der Waals surface area (Å²) in [5, 5.41) is 0. The summed E-state index contributed by atoms with van der Waals surface area (Å²) >= 11 is 0. The van der Waals surface area contributed by atoms with E-state index in [0.29, 0.717) is 17.8 Å². The third-order valence-electron chi connectivity index (χ3n) is 6.41. The van der Waals surface area contributed by atoms with Crippen LogP contribution in [-0.2, 0) is 0 Å². The Hall–Kier alpha value is -1.85. The predicted octanol–water partition coefficient (Wildman–Crippen LogP) is 5.89. The molecule has 5 atom stereocenters. The first kappa shape index (κ1) is 21.8. The van der Waals surface area contributed by atoms with Crippen LogP contribution in [0.5, 0.6) is 0 Å². The van der Waals surface area contributed by atoms with Crippen molar-refractivity contribution in [3.63, 3.8) is 0 Å². The van der Waals surface area contributed by atoms with Gasteiger partial charge in [-0.25, -0.2) is 9.97 Å². The second-order valence-corrected chi connectivity index (χ2v) is 8.42. The molecule has 0 radical (unpaired) electrons. The van der Waals surface area contributed by atoms with Crippen molar-refractivity contribution in [1.29, 1.82) is 0 Å². The highest BCUT2D eigenvalue weighted by atomic mass is 19.4. The molecule has 1 aromatic heterocycles. The van der Waals surface area contributed by atoms with Crippen molar-refractivity contribution in [1.82, 2.24) is 9.97 Å². The summed E-state index contributed by atoms with van der Waals surface area (Å²) in [6.45, 7) is 9.80. The third kappa shape index (κ3) is 5.01. The quantitative estimate of drug-likeness (QED) is 0.612. The number of nitrogens with zero attached hydrogens (tertiary/aromatic N) is 3. The van der Waals surface area contributed by atoms with E-state index in [9.17, 15) is 13.2 Å². The van der Waals surface area contributed by atoms with Crippen molar-refractivity contribution >= 4 is 5.95 Å². The molecule has 3 nitrogen and oxygen atoms in total. The zero-order valence-corrected chi connectivity index (χ0v) is 17.8. The minimum absolute atomic E-state index is 0.0168. The van der Waals surface area contributed by atoms with Gasteiger partial charge in [0, 0.05) is 24.5 Å². The van der Waals surface area contributed by atoms with E-state index in [2.05, 4.69) is 14.9 Å². The minimum atomic E-state index is -4.15. The number of rotatable bonds is 2. The van der Waals surface area contributed by atoms with Gasteiger partial charge in [0.05, 0.1) is 5.92 Å². The molecule has 2 fully saturated rings. The Morgan fingerprint density at radius 1 is 0.862 bits per heavy atom. The van der Waals surface area contributed by atoms with Crippen LogP contribution in [0.4, 0.5) is 19.1 Å². The highest BCUT2D eigenvalue weighted by Gasteiger charge is 2.46. The average Bonchev–Trinajstić information content (AvgIpc) is 3.11. The summed E-state index contributed by atoms with van der Waals surface area (Å²) in [5.41, 5.74) is 1.95. The van der Waals surface area contributed by atoms with E-state index < -0.39 is 12.1 Å². The fourth-order valence-electron chi connectivity index (χ4n) is 5.16. The number of anilines is 1. The standard InChI is InChI=1S/C21H26F3N3.C2H6/c1-13-7-14(2)26-20(25-13)27-11-17-8-16(9-18(17)12-27)15-5-3-4-6-19(10-15)21(22,23)24;1-2/h3-7,15-19H,8-12H2,1-2H3;1-2H3/t15?,16?,17-,18+,19?;. The van der Waals surface area contributed by atoms with Crippen molar-refractivity contribution in [2.45, 2.75) is 53.1 Å². The second-order valence-electron chi connectivity index (χ2n) is 8.42. The summed E-state index contributed by atoms with van der Waals surface area (Å²) in [6, 6.07) is 1.97. The van der Waals surface area contributed by atoms with Crippen molar-refractivity contribution < 1.29 is 13.2 Å². The SMILES string of the molecule is CC.Cc1cc(C)nc(N2C[C@H]3CC(C4C=CC=CC(C(F)(F)F)C4)C[C@H]3C2)n1. The van der Waals surface area contributed by atoms with E-state index in [4.69, 9.17) is 0 Å². The molecule has 1 saturated heterocycles. The molecule has 1 aliphatic heterocycles. The van der Waals surface area contributed by atoms with E-state index in [1.807, 2.05) is 39.8 Å².